The van der Waals surface area contributed by atoms with Crippen LogP contribution in [0.25, 0.3) is 0 Å². The second-order valence-corrected chi connectivity index (χ2v) is 11.4. The van der Waals surface area contributed by atoms with E-state index in [1.54, 1.807) is 0 Å². The molecule has 0 aromatic carbocycles. The van der Waals surface area contributed by atoms with Gasteiger partial charge in [0.1, 0.15) is 17.0 Å². The molecular formula is C12H19FN3O13P3. The zero-order valence-corrected chi connectivity index (χ0v) is 18.7. The van der Waals surface area contributed by atoms with Crippen molar-refractivity contribution < 1.29 is 60.6 Å². The Morgan fingerprint density at radius 2 is 1.88 bits per heavy atom. The zero-order valence-electron chi connectivity index (χ0n) is 16.0. The van der Waals surface area contributed by atoms with Crippen LogP contribution < -0.4 is 11.4 Å². The SMILES string of the molecule is CCC1C2(COP(=O)(O)OP(=O)(O)OP(=O)(O)O)OC(n3ccc(N)nc3=O)C(F)C12O. The summed E-state index contributed by atoms with van der Waals surface area (Å²) in [6.45, 7) is 0.468. The van der Waals surface area contributed by atoms with E-state index in [9.17, 15) is 33.4 Å². The number of hydrogen-bond donors (Lipinski definition) is 6. The second kappa shape index (κ2) is 8.01. The third kappa shape index (κ3) is 4.49. The summed E-state index contributed by atoms with van der Waals surface area (Å²) in [7, 11) is -16.9. The molecule has 0 amide bonds. The maximum atomic E-state index is 15.1. The highest BCUT2D eigenvalue weighted by Crippen LogP contribution is 2.71. The molecule has 1 aromatic heterocycles. The van der Waals surface area contributed by atoms with E-state index < -0.39 is 65.3 Å². The van der Waals surface area contributed by atoms with Gasteiger partial charge in [0.15, 0.2) is 12.4 Å². The average molecular weight is 525 g/mol. The lowest BCUT2D eigenvalue weighted by atomic mass is 10.1. The third-order valence-electron chi connectivity index (χ3n) is 5.08. The van der Waals surface area contributed by atoms with Gasteiger partial charge in [0, 0.05) is 12.1 Å². The monoisotopic (exact) mass is 525 g/mol. The standard InChI is InChI=1S/C12H19FN3O13P3/c1-2-6-11(5-26-31(22,23)29-32(24,25)28-30(19,20)21)12(6,18)8(13)9(27-11)16-4-3-7(14)15-10(16)17/h3-4,6,8-9,18H,2,5H2,1H3,(H,22,23)(H,24,25)(H2,14,15,17)(H2,19,20,21). The van der Waals surface area contributed by atoms with Crippen molar-refractivity contribution in [1.29, 1.82) is 0 Å². The molecule has 0 bridgehead atoms. The molecule has 1 aliphatic carbocycles. The highest BCUT2D eigenvalue weighted by Gasteiger charge is 2.87. The molecule has 2 heterocycles. The summed E-state index contributed by atoms with van der Waals surface area (Å²) in [6.07, 6.45) is -2.78. The van der Waals surface area contributed by atoms with Crippen molar-refractivity contribution in [3.05, 3.63) is 22.7 Å². The molecule has 2 aliphatic rings. The lowest BCUT2D eigenvalue weighted by Gasteiger charge is -2.24. The van der Waals surface area contributed by atoms with E-state index in [2.05, 4.69) is 18.1 Å². The van der Waals surface area contributed by atoms with Gasteiger partial charge in [0.25, 0.3) is 0 Å². The Kier molecular flexibility index (Phi) is 6.40. The van der Waals surface area contributed by atoms with Crippen molar-refractivity contribution in [2.45, 2.75) is 36.9 Å². The highest BCUT2D eigenvalue weighted by atomic mass is 31.3. The van der Waals surface area contributed by atoms with Crippen molar-refractivity contribution in [1.82, 2.24) is 9.55 Å². The van der Waals surface area contributed by atoms with E-state index in [4.69, 9.17) is 20.3 Å². The van der Waals surface area contributed by atoms with Crippen molar-refractivity contribution in [2.75, 3.05) is 12.3 Å². The van der Waals surface area contributed by atoms with Crippen LogP contribution in [-0.4, -0.2) is 58.2 Å². The van der Waals surface area contributed by atoms with Gasteiger partial charge in [-0.25, -0.2) is 22.9 Å². The van der Waals surface area contributed by atoms with E-state index >= 15 is 4.39 Å². The van der Waals surface area contributed by atoms with E-state index in [0.29, 0.717) is 4.57 Å². The summed E-state index contributed by atoms with van der Waals surface area (Å²) in [4.78, 5) is 51.3. The number of halogens is 1. The van der Waals surface area contributed by atoms with Gasteiger partial charge in [-0.15, -0.1) is 0 Å². The van der Waals surface area contributed by atoms with Crippen LogP contribution in [0.4, 0.5) is 10.2 Å². The lowest BCUT2D eigenvalue weighted by Crippen LogP contribution is -2.37. The molecule has 3 rings (SSSR count). The van der Waals surface area contributed by atoms with Crippen molar-refractivity contribution in [3.63, 3.8) is 0 Å². The summed E-state index contributed by atoms with van der Waals surface area (Å²) >= 11 is 0. The molecule has 0 radical (unpaired) electrons. The predicted octanol–water partition coefficient (Wildman–Crippen LogP) is -0.455. The molecular weight excluding hydrogens is 506 g/mol. The molecule has 7 atom stereocenters. The summed E-state index contributed by atoms with van der Waals surface area (Å²) in [5.41, 5.74) is 0.118. The Labute approximate surface area is 178 Å². The maximum Gasteiger partial charge on any atom is 0.490 e. The number of anilines is 1. The van der Waals surface area contributed by atoms with Crippen molar-refractivity contribution in [2.24, 2.45) is 5.92 Å². The first-order valence-electron chi connectivity index (χ1n) is 8.65. The Morgan fingerprint density at radius 1 is 1.25 bits per heavy atom. The molecule has 1 saturated carbocycles. The molecule has 1 saturated heterocycles. The molecule has 2 fully saturated rings. The number of rotatable bonds is 9. The topological polar surface area (TPSA) is 250 Å². The fraction of sp³-hybridized carbons (Fsp3) is 0.667. The van der Waals surface area contributed by atoms with E-state index in [1.165, 1.54) is 13.0 Å². The van der Waals surface area contributed by atoms with Crippen LogP contribution in [-0.2, 0) is 31.6 Å². The van der Waals surface area contributed by atoms with Crippen LogP contribution in [0.5, 0.6) is 0 Å². The summed E-state index contributed by atoms with van der Waals surface area (Å²) in [5.74, 6) is -1.14. The van der Waals surface area contributed by atoms with Gasteiger partial charge < -0.3 is 35.2 Å². The lowest BCUT2D eigenvalue weighted by molar-refractivity contribution is -0.0909. The predicted molar refractivity (Wildman–Crippen MR) is 99.2 cm³/mol. The average Bonchev–Trinajstić information content (AvgIpc) is 3.04. The van der Waals surface area contributed by atoms with Crippen molar-refractivity contribution >= 4 is 29.3 Å². The molecule has 0 spiro atoms. The number of alkyl halides is 1. The first-order valence-corrected chi connectivity index (χ1v) is 13.2. The molecule has 1 aromatic rings. The van der Waals surface area contributed by atoms with Crippen LogP contribution in [0, 0.1) is 5.92 Å². The smallest absolute Gasteiger partial charge is 0.383 e. The molecule has 7 unspecified atom stereocenters. The van der Waals surface area contributed by atoms with Gasteiger partial charge in [-0.2, -0.15) is 13.6 Å². The fourth-order valence-corrected chi connectivity index (χ4v) is 6.93. The minimum atomic E-state index is -5.77. The van der Waals surface area contributed by atoms with Crippen LogP contribution in [0.1, 0.15) is 19.6 Å². The summed E-state index contributed by atoms with van der Waals surface area (Å²) < 4.78 is 67.2. The fourth-order valence-electron chi connectivity index (χ4n) is 3.88. The number of phosphoric ester groups is 1. The van der Waals surface area contributed by atoms with Crippen LogP contribution in [0.3, 0.4) is 0 Å². The minimum Gasteiger partial charge on any atom is -0.383 e. The van der Waals surface area contributed by atoms with Gasteiger partial charge in [0.05, 0.1) is 6.61 Å². The highest BCUT2D eigenvalue weighted by molar-refractivity contribution is 7.66. The van der Waals surface area contributed by atoms with Gasteiger partial charge in [-0.05, 0) is 12.5 Å². The largest absolute Gasteiger partial charge is 0.490 e. The van der Waals surface area contributed by atoms with Gasteiger partial charge in [-0.3, -0.25) is 9.09 Å². The molecule has 20 heteroatoms. The number of aliphatic hydroxyl groups is 1. The summed E-state index contributed by atoms with van der Waals surface area (Å²) in [6, 6.07) is 1.17. The minimum absolute atomic E-state index is 0.0955. The van der Waals surface area contributed by atoms with Crippen LogP contribution in [0.2, 0.25) is 0 Å². The molecule has 16 nitrogen and oxygen atoms in total. The van der Waals surface area contributed by atoms with E-state index in [1.807, 2.05) is 0 Å². The van der Waals surface area contributed by atoms with E-state index in [0.717, 1.165) is 6.20 Å². The molecule has 32 heavy (non-hydrogen) atoms. The normalized spacial score (nSPS) is 35.7. The number of nitrogens with two attached hydrogens (primary N) is 1. The van der Waals surface area contributed by atoms with Gasteiger partial charge >= 0.3 is 29.2 Å². The Hall–Kier alpha value is -1.06. The Bertz CT molecular complexity index is 1110. The zero-order chi connectivity index (χ0) is 24.3. The number of nitrogen functional groups attached to an aromatic ring is 1. The number of aromatic nitrogens is 2. The number of nitrogens with zero attached hydrogens (tertiary/aromatic N) is 2. The number of phosphoric acid groups is 3. The molecule has 182 valence electrons. The maximum absolute atomic E-state index is 15.1. The first kappa shape index (κ1) is 25.6. The number of hydrogen-bond acceptors (Lipinski definition) is 11. The molecule has 1 aliphatic heterocycles. The van der Waals surface area contributed by atoms with Gasteiger partial charge in [-0.1, -0.05) is 6.92 Å². The van der Waals surface area contributed by atoms with Crippen LogP contribution in [0.15, 0.2) is 17.1 Å². The first-order chi connectivity index (χ1) is 14.5. The Balaban J connectivity index is 1.80. The van der Waals surface area contributed by atoms with Gasteiger partial charge in [0.2, 0.25) is 0 Å². The number of ether oxygens (including phenoxy) is 1. The van der Waals surface area contributed by atoms with Crippen molar-refractivity contribution in [3.8, 4) is 0 Å². The second-order valence-electron chi connectivity index (χ2n) is 6.99. The summed E-state index contributed by atoms with van der Waals surface area (Å²) in [5, 5.41) is 10.8. The quantitative estimate of drug-likeness (QED) is 0.223. The third-order valence-corrected chi connectivity index (χ3v) is 8.87. The number of fused-ring (bicyclic) bond motifs is 1. The van der Waals surface area contributed by atoms with E-state index in [-0.39, 0.29) is 12.2 Å². The molecule has 7 N–H and O–H groups in total. The van der Waals surface area contributed by atoms with Crippen LogP contribution >= 0.6 is 23.5 Å². The Morgan fingerprint density at radius 3 is 2.41 bits per heavy atom.